The van der Waals surface area contributed by atoms with Crippen LogP contribution in [0.1, 0.15) is 17.5 Å². The molecule has 1 aliphatic heterocycles. The van der Waals surface area contributed by atoms with Gasteiger partial charge in [0.25, 0.3) is 0 Å². The molecule has 3 rings (SSSR count). The van der Waals surface area contributed by atoms with Gasteiger partial charge in [-0.25, -0.2) is 17.9 Å². The maximum atomic E-state index is 12.1. The van der Waals surface area contributed by atoms with Crippen molar-refractivity contribution in [3.63, 3.8) is 0 Å². The van der Waals surface area contributed by atoms with Crippen molar-refractivity contribution in [1.29, 1.82) is 0 Å². The molecule has 1 saturated heterocycles. The molecular formula is C21H22N4O5S. The van der Waals surface area contributed by atoms with Crippen LogP contribution in [0.4, 0.5) is 10.5 Å². The maximum absolute atomic E-state index is 12.1. The molecule has 0 bridgehead atoms. The van der Waals surface area contributed by atoms with Crippen LogP contribution in [-0.2, 0) is 26.2 Å². The molecule has 0 aromatic heterocycles. The van der Waals surface area contributed by atoms with E-state index >= 15 is 0 Å². The predicted octanol–water partition coefficient (Wildman–Crippen LogP) is 1.66. The SMILES string of the molecule is O=C(CCNS(=O)(=O)/C=C/c1ccccc1)Nc1cccc(CN2C(=O)CNC2=O)c1. The number of urea groups is 1. The third kappa shape index (κ3) is 6.76. The Balaban J connectivity index is 1.48. The first kappa shape index (κ1) is 22.2. The summed E-state index contributed by atoms with van der Waals surface area (Å²) >= 11 is 0. The van der Waals surface area contributed by atoms with E-state index in [1.807, 2.05) is 6.07 Å². The number of nitrogens with zero attached hydrogens (tertiary/aromatic N) is 1. The lowest BCUT2D eigenvalue weighted by Gasteiger charge is -2.13. The van der Waals surface area contributed by atoms with E-state index in [1.165, 1.54) is 6.08 Å². The summed E-state index contributed by atoms with van der Waals surface area (Å²) in [6.45, 7) is 0.0169. The molecular weight excluding hydrogens is 420 g/mol. The van der Waals surface area contributed by atoms with Gasteiger partial charge >= 0.3 is 6.03 Å². The van der Waals surface area contributed by atoms with E-state index in [4.69, 9.17) is 0 Å². The van der Waals surface area contributed by atoms with Gasteiger partial charge in [-0.05, 0) is 29.3 Å². The highest BCUT2D eigenvalue weighted by Gasteiger charge is 2.28. The Labute approximate surface area is 180 Å². The number of benzene rings is 2. The van der Waals surface area contributed by atoms with Crippen LogP contribution in [-0.4, -0.2) is 44.3 Å². The molecule has 2 aromatic rings. The third-order valence-corrected chi connectivity index (χ3v) is 5.48. The minimum atomic E-state index is -3.66. The van der Waals surface area contributed by atoms with Crippen LogP contribution in [0.25, 0.3) is 6.08 Å². The van der Waals surface area contributed by atoms with Crippen LogP contribution in [0.3, 0.4) is 0 Å². The lowest BCUT2D eigenvalue weighted by Crippen LogP contribution is -2.30. The monoisotopic (exact) mass is 442 g/mol. The van der Waals surface area contributed by atoms with Gasteiger partial charge in [-0.15, -0.1) is 0 Å². The van der Waals surface area contributed by atoms with E-state index in [9.17, 15) is 22.8 Å². The Morgan fingerprint density at radius 2 is 1.87 bits per heavy atom. The average molecular weight is 442 g/mol. The number of sulfonamides is 1. The van der Waals surface area contributed by atoms with Gasteiger partial charge in [0, 0.05) is 24.1 Å². The van der Waals surface area contributed by atoms with Crippen molar-refractivity contribution in [2.24, 2.45) is 0 Å². The largest absolute Gasteiger partial charge is 0.329 e. The van der Waals surface area contributed by atoms with Gasteiger partial charge in [-0.1, -0.05) is 42.5 Å². The number of hydrogen-bond donors (Lipinski definition) is 3. The van der Waals surface area contributed by atoms with E-state index < -0.39 is 16.1 Å². The third-order valence-electron chi connectivity index (χ3n) is 4.38. The van der Waals surface area contributed by atoms with Crippen molar-refractivity contribution >= 4 is 39.6 Å². The number of amides is 4. The van der Waals surface area contributed by atoms with Crippen molar-refractivity contribution in [3.05, 3.63) is 71.1 Å². The molecule has 0 radical (unpaired) electrons. The molecule has 4 amide bonds. The second kappa shape index (κ2) is 10.0. The minimum absolute atomic E-state index is 0.0221. The van der Waals surface area contributed by atoms with Crippen LogP contribution in [0, 0.1) is 0 Å². The zero-order chi connectivity index (χ0) is 22.3. The number of nitrogens with one attached hydrogen (secondary N) is 3. The highest BCUT2D eigenvalue weighted by atomic mass is 32.2. The smallest absolute Gasteiger partial charge is 0.324 e. The van der Waals surface area contributed by atoms with E-state index in [-0.39, 0.29) is 37.9 Å². The maximum Gasteiger partial charge on any atom is 0.324 e. The Bertz CT molecular complexity index is 1080. The molecule has 0 aliphatic carbocycles. The molecule has 0 spiro atoms. The fourth-order valence-corrected chi connectivity index (χ4v) is 3.68. The highest BCUT2D eigenvalue weighted by molar-refractivity contribution is 7.92. The van der Waals surface area contributed by atoms with Crippen LogP contribution in [0.5, 0.6) is 0 Å². The second-order valence-electron chi connectivity index (χ2n) is 6.79. The normalized spacial score (nSPS) is 14.1. The Morgan fingerprint density at radius 1 is 1.10 bits per heavy atom. The lowest BCUT2D eigenvalue weighted by molar-refractivity contribution is -0.125. The van der Waals surface area contributed by atoms with E-state index in [1.54, 1.807) is 48.5 Å². The Hall–Kier alpha value is -3.50. The first-order chi connectivity index (χ1) is 14.8. The second-order valence-corrected chi connectivity index (χ2v) is 8.44. The van der Waals surface area contributed by atoms with Crippen LogP contribution in [0.15, 0.2) is 60.0 Å². The van der Waals surface area contributed by atoms with E-state index in [0.717, 1.165) is 15.9 Å². The zero-order valence-corrected chi connectivity index (χ0v) is 17.4. The van der Waals surface area contributed by atoms with Gasteiger partial charge < -0.3 is 10.6 Å². The molecule has 9 nitrogen and oxygen atoms in total. The molecule has 1 heterocycles. The van der Waals surface area contributed by atoms with Crippen molar-refractivity contribution in [2.45, 2.75) is 13.0 Å². The van der Waals surface area contributed by atoms with E-state index in [0.29, 0.717) is 11.3 Å². The van der Waals surface area contributed by atoms with Crippen molar-refractivity contribution in [1.82, 2.24) is 14.9 Å². The van der Waals surface area contributed by atoms with Crippen molar-refractivity contribution < 1.29 is 22.8 Å². The summed E-state index contributed by atoms with van der Waals surface area (Å²) in [5.41, 5.74) is 1.91. The molecule has 0 atom stereocenters. The molecule has 1 aliphatic rings. The van der Waals surface area contributed by atoms with Crippen molar-refractivity contribution in [3.8, 4) is 0 Å². The molecule has 162 valence electrons. The summed E-state index contributed by atoms with van der Waals surface area (Å²) in [7, 11) is -3.66. The standard InChI is InChI=1S/C21H22N4O5S/c26-19(9-11-23-31(29,30)12-10-16-5-2-1-3-6-16)24-18-8-4-7-17(13-18)15-25-20(27)14-22-21(25)28/h1-8,10,12-13,23H,9,11,14-15H2,(H,22,28)(H,24,26)/b12-10+. The number of rotatable bonds is 9. The fraction of sp³-hybridized carbons (Fsp3) is 0.190. The fourth-order valence-electron chi connectivity index (χ4n) is 2.86. The molecule has 10 heteroatoms. The van der Waals surface area contributed by atoms with Gasteiger partial charge in [-0.3, -0.25) is 14.5 Å². The van der Waals surface area contributed by atoms with Gasteiger partial charge in [0.2, 0.25) is 21.8 Å². The topological polar surface area (TPSA) is 125 Å². The van der Waals surface area contributed by atoms with Gasteiger partial charge in [0.15, 0.2) is 0 Å². The quantitative estimate of drug-likeness (QED) is 0.510. The molecule has 0 saturated carbocycles. The van der Waals surface area contributed by atoms with Crippen LogP contribution in [0.2, 0.25) is 0 Å². The average Bonchev–Trinajstić information content (AvgIpc) is 3.05. The summed E-state index contributed by atoms with van der Waals surface area (Å²) in [6.07, 6.45) is 1.41. The number of carbonyl (C=O) groups excluding carboxylic acids is 3. The molecule has 1 fully saturated rings. The number of anilines is 1. The number of hydrogen-bond acceptors (Lipinski definition) is 5. The number of imide groups is 1. The highest BCUT2D eigenvalue weighted by Crippen LogP contribution is 2.14. The molecule has 0 unspecified atom stereocenters. The van der Waals surface area contributed by atoms with Crippen molar-refractivity contribution in [2.75, 3.05) is 18.4 Å². The number of carbonyl (C=O) groups is 3. The molecule has 31 heavy (non-hydrogen) atoms. The van der Waals surface area contributed by atoms with Gasteiger partial charge in [-0.2, -0.15) is 0 Å². The first-order valence-corrected chi connectivity index (χ1v) is 11.1. The minimum Gasteiger partial charge on any atom is -0.329 e. The summed E-state index contributed by atoms with van der Waals surface area (Å²) in [6, 6.07) is 15.3. The zero-order valence-electron chi connectivity index (χ0n) is 16.6. The van der Waals surface area contributed by atoms with Crippen LogP contribution >= 0.6 is 0 Å². The Morgan fingerprint density at radius 3 is 2.58 bits per heavy atom. The lowest BCUT2D eigenvalue weighted by atomic mass is 10.2. The first-order valence-electron chi connectivity index (χ1n) is 9.52. The summed E-state index contributed by atoms with van der Waals surface area (Å²) < 4.78 is 26.4. The van der Waals surface area contributed by atoms with Gasteiger partial charge in [0.05, 0.1) is 13.1 Å². The Kier molecular flexibility index (Phi) is 7.16. The summed E-state index contributed by atoms with van der Waals surface area (Å²) in [4.78, 5) is 36.6. The predicted molar refractivity (Wildman–Crippen MR) is 116 cm³/mol. The van der Waals surface area contributed by atoms with E-state index in [2.05, 4.69) is 15.4 Å². The molecule has 3 N–H and O–H groups in total. The van der Waals surface area contributed by atoms with Gasteiger partial charge in [0.1, 0.15) is 0 Å². The summed E-state index contributed by atoms with van der Waals surface area (Å²) in [5.74, 6) is -0.685. The summed E-state index contributed by atoms with van der Waals surface area (Å²) in [5, 5.41) is 6.18. The molecule has 2 aromatic carbocycles. The van der Waals surface area contributed by atoms with Crippen LogP contribution < -0.4 is 15.4 Å².